The lowest BCUT2D eigenvalue weighted by molar-refractivity contribution is 0.0602. The first kappa shape index (κ1) is 20.0. The number of carbonyl (C=O) groups excluding carboxylic acids is 1. The summed E-state index contributed by atoms with van der Waals surface area (Å²) in [6.45, 7) is 3.93. The number of carbonyl (C=O) groups is 1. The van der Waals surface area contributed by atoms with Crippen LogP contribution in [0.4, 0.5) is 10.8 Å². The largest absolute Gasteiger partial charge is 0.465 e. The molecule has 28 heavy (non-hydrogen) atoms. The number of methoxy groups -OCH3 is 1. The van der Waals surface area contributed by atoms with Crippen molar-refractivity contribution in [2.24, 2.45) is 0 Å². The van der Waals surface area contributed by atoms with Crippen LogP contribution in [-0.2, 0) is 11.2 Å². The fourth-order valence-electron chi connectivity index (χ4n) is 2.84. The highest BCUT2D eigenvalue weighted by Gasteiger charge is 2.18. The number of nitrogens with one attached hydrogen (secondary N) is 2. The van der Waals surface area contributed by atoms with Gasteiger partial charge in [-0.05, 0) is 55.4 Å². The van der Waals surface area contributed by atoms with E-state index in [-0.39, 0.29) is 0 Å². The second-order valence-corrected chi connectivity index (χ2v) is 7.90. The van der Waals surface area contributed by atoms with Gasteiger partial charge in [0, 0.05) is 17.0 Å². The molecule has 144 valence electrons. The Morgan fingerprint density at radius 2 is 1.89 bits per heavy atom. The third-order valence-electron chi connectivity index (χ3n) is 3.98. The smallest absolute Gasteiger partial charge is 0.340 e. The average molecular weight is 412 g/mol. The molecule has 3 aromatic rings. The van der Waals surface area contributed by atoms with Crippen molar-refractivity contribution in [3.63, 3.8) is 0 Å². The van der Waals surface area contributed by atoms with Gasteiger partial charge in [0.05, 0.1) is 12.7 Å². The van der Waals surface area contributed by atoms with Gasteiger partial charge in [-0.3, -0.25) is 0 Å². The van der Waals surface area contributed by atoms with Crippen LogP contribution in [0.25, 0.3) is 0 Å². The van der Waals surface area contributed by atoms with E-state index in [0.29, 0.717) is 21.5 Å². The van der Waals surface area contributed by atoms with Crippen LogP contribution in [0.5, 0.6) is 0 Å². The molecule has 0 aliphatic carbocycles. The van der Waals surface area contributed by atoms with Gasteiger partial charge in [0.2, 0.25) is 0 Å². The van der Waals surface area contributed by atoms with E-state index in [1.807, 2.05) is 50.2 Å². The molecule has 0 aliphatic heterocycles. The van der Waals surface area contributed by atoms with E-state index in [1.165, 1.54) is 24.0 Å². The number of aryl methyl sites for hydroxylation is 2. The van der Waals surface area contributed by atoms with Crippen LogP contribution < -0.4 is 10.6 Å². The van der Waals surface area contributed by atoms with Crippen molar-refractivity contribution in [3.05, 3.63) is 75.8 Å². The average Bonchev–Trinajstić information content (AvgIpc) is 3.03. The molecule has 0 unspecified atom stereocenters. The monoisotopic (exact) mass is 411 g/mol. The van der Waals surface area contributed by atoms with Crippen molar-refractivity contribution in [1.29, 1.82) is 0 Å². The third kappa shape index (κ3) is 5.15. The van der Waals surface area contributed by atoms with Crippen molar-refractivity contribution in [1.82, 2.24) is 4.98 Å². The van der Waals surface area contributed by atoms with E-state index in [0.717, 1.165) is 22.6 Å². The first-order chi connectivity index (χ1) is 13.4. The molecule has 2 heterocycles. The Hall–Kier alpha value is -2.77. The lowest BCUT2D eigenvalue weighted by Gasteiger charge is -2.11. The zero-order valence-corrected chi connectivity index (χ0v) is 17.5. The van der Waals surface area contributed by atoms with Gasteiger partial charge in [-0.15, -0.1) is 11.3 Å². The number of esters is 1. The molecule has 5 nitrogen and oxygen atoms in total. The maximum Gasteiger partial charge on any atom is 0.340 e. The highest BCUT2D eigenvalue weighted by atomic mass is 32.1. The summed E-state index contributed by atoms with van der Waals surface area (Å²) in [4.78, 5) is 17.7. The van der Waals surface area contributed by atoms with Crippen molar-refractivity contribution in [3.8, 4) is 0 Å². The molecule has 0 aliphatic rings. The SMILES string of the molecule is COC(=O)c1cc(Cc2ccccc2)sc1NC(=S)Nc1cc(C)cc(C)n1. The lowest BCUT2D eigenvalue weighted by Crippen LogP contribution is -2.20. The summed E-state index contributed by atoms with van der Waals surface area (Å²) < 4.78 is 4.92. The molecule has 0 fully saturated rings. The Labute approximate surface area is 173 Å². The molecular weight excluding hydrogens is 390 g/mol. The number of anilines is 2. The minimum absolute atomic E-state index is 0.371. The zero-order valence-electron chi connectivity index (χ0n) is 15.9. The van der Waals surface area contributed by atoms with Crippen molar-refractivity contribution >= 4 is 45.5 Å². The highest BCUT2D eigenvalue weighted by Crippen LogP contribution is 2.30. The third-order valence-corrected chi connectivity index (χ3v) is 5.23. The zero-order chi connectivity index (χ0) is 20.1. The van der Waals surface area contributed by atoms with Gasteiger partial charge in [0.1, 0.15) is 10.8 Å². The van der Waals surface area contributed by atoms with Gasteiger partial charge >= 0.3 is 5.97 Å². The number of thiophene rings is 1. The highest BCUT2D eigenvalue weighted by molar-refractivity contribution is 7.80. The number of thiocarbonyl (C=S) groups is 1. The summed E-state index contributed by atoms with van der Waals surface area (Å²) in [5, 5.41) is 7.22. The standard InChI is InChI=1S/C21H21N3O2S2/c1-13-9-14(2)22-18(10-13)23-21(27)24-19-17(20(25)26-3)12-16(28-19)11-15-7-5-4-6-8-15/h4-10,12H,11H2,1-3H3,(H2,22,23,24,27). The quantitative estimate of drug-likeness (QED) is 0.458. The van der Waals surface area contributed by atoms with E-state index in [2.05, 4.69) is 27.8 Å². The molecule has 7 heteroatoms. The van der Waals surface area contributed by atoms with Gasteiger partial charge in [0.25, 0.3) is 0 Å². The molecule has 0 radical (unpaired) electrons. The normalized spacial score (nSPS) is 10.4. The van der Waals surface area contributed by atoms with Crippen LogP contribution in [0.2, 0.25) is 0 Å². The molecule has 0 amide bonds. The van der Waals surface area contributed by atoms with Crippen LogP contribution >= 0.6 is 23.6 Å². The minimum Gasteiger partial charge on any atom is -0.465 e. The van der Waals surface area contributed by atoms with Gasteiger partial charge in [-0.2, -0.15) is 0 Å². The predicted molar refractivity (Wildman–Crippen MR) is 118 cm³/mol. The molecule has 0 saturated heterocycles. The summed E-state index contributed by atoms with van der Waals surface area (Å²) in [5.74, 6) is 0.265. The van der Waals surface area contributed by atoms with Crippen LogP contribution in [0.15, 0.2) is 48.5 Å². The summed E-state index contributed by atoms with van der Waals surface area (Å²) in [7, 11) is 1.37. The van der Waals surface area contributed by atoms with E-state index < -0.39 is 5.97 Å². The van der Waals surface area contributed by atoms with Gasteiger partial charge in [-0.25, -0.2) is 9.78 Å². The minimum atomic E-state index is -0.398. The Morgan fingerprint density at radius 3 is 2.57 bits per heavy atom. The van der Waals surface area contributed by atoms with Gasteiger partial charge < -0.3 is 15.4 Å². The Morgan fingerprint density at radius 1 is 1.14 bits per heavy atom. The topological polar surface area (TPSA) is 63.2 Å². The molecule has 0 saturated carbocycles. The Bertz CT molecular complexity index is 980. The number of rotatable bonds is 5. The summed E-state index contributed by atoms with van der Waals surface area (Å²) >= 11 is 6.90. The number of aromatic nitrogens is 1. The lowest BCUT2D eigenvalue weighted by atomic mass is 10.1. The van der Waals surface area contributed by atoms with Gasteiger partial charge in [-0.1, -0.05) is 30.3 Å². The fraction of sp³-hybridized carbons (Fsp3) is 0.190. The van der Waals surface area contributed by atoms with E-state index in [1.54, 1.807) is 0 Å². The van der Waals surface area contributed by atoms with Crippen LogP contribution in [0, 0.1) is 13.8 Å². The van der Waals surface area contributed by atoms with Crippen molar-refractivity contribution < 1.29 is 9.53 Å². The summed E-state index contributed by atoms with van der Waals surface area (Å²) in [6.07, 6.45) is 0.732. The molecule has 2 aromatic heterocycles. The van der Waals surface area contributed by atoms with Crippen LogP contribution in [0.3, 0.4) is 0 Å². The van der Waals surface area contributed by atoms with E-state index >= 15 is 0 Å². The molecule has 0 atom stereocenters. The van der Waals surface area contributed by atoms with Crippen molar-refractivity contribution in [2.75, 3.05) is 17.7 Å². The number of pyridine rings is 1. The van der Waals surface area contributed by atoms with E-state index in [9.17, 15) is 4.79 Å². The summed E-state index contributed by atoms with van der Waals surface area (Å²) in [6, 6.07) is 15.9. The molecule has 1 aromatic carbocycles. The van der Waals surface area contributed by atoms with Crippen LogP contribution in [-0.4, -0.2) is 23.2 Å². The number of nitrogens with zero attached hydrogens (tertiary/aromatic N) is 1. The predicted octanol–water partition coefficient (Wildman–Crippen LogP) is 4.95. The van der Waals surface area contributed by atoms with E-state index in [4.69, 9.17) is 17.0 Å². The molecular formula is C21H21N3O2S2. The maximum atomic E-state index is 12.2. The molecule has 0 spiro atoms. The second kappa shape index (κ2) is 8.95. The second-order valence-electron chi connectivity index (χ2n) is 6.36. The number of benzene rings is 1. The molecule has 0 bridgehead atoms. The Balaban J connectivity index is 1.79. The number of ether oxygens (including phenoxy) is 1. The van der Waals surface area contributed by atoms with Crippen LogP contribution in [0.1, 0.15) is 32.1 Å². The molecule has 3 rings (SSSR count). The number of hydrogen-bond donors (Lipinski definition) is 2. The molecule has 2 N–H and O–H groups in total. The first-order valence-electron chi connectivity index (χ1n) is 8.73. The summed E-state index contributed by atoms with van der Waals surface area (Å²) in [5.41, 5.74) is 3.64. The van der Waals surface area contributed by atoms with Gasteiger partial charge in [0.15, 0.2) is 5.11 Å². The fourth-order valence-corrected chi connectivity index (χ4v) is 4.19. The Kier molecular flexibility index (Phi) is 6.38. The van der Waals surface area contributed by atoms with Crippen molar-refractivity contribution in [2.45, 2.75) is 20.3 Å². The first-order valence-corrected chi connectivity index (χ1v) is 9.95. The number of hydrogen-bond acceptors (Lipinski definition) is 5. The maximum absolute atomic E-state index is 12.2.